The van der Waals surface area contributed by atoms with Gasteiger partial charge in [0.05, 0.1) is 5.02 Å². The molecule has 0 spiro atoms. The minimum Gasteiger partial charge on any atom is -0.289 e. The van der Waals surface area contributed by atoms with Gasteiger partial charge in [0, 0.05) is 6.42 Å². The van der Waals surface area contributed by atoms with E-state index < -0.39 is 40.6 Å². The highest BCUT2D eigenvalue weighted by atomic mass is 35.5. The van der Waals surface area contributed by atoms with Gasteiger partial charge < -0.3 is 0 Å². The van der Waals surface area contributed by atoms with Gasteiger partial charge in [-0.1, -0.05) is 11.6 Å². The van der Waals surface area contributed by atoms with Gasteiger partial charge in [0.2, 0.25) is 5.78 Å². The summed E-state index contributed by atoms with van der Waals surface area (Å²) < 4.78 is 61.4. The molecule has 0 aliphatic carbocycles. The highest BCUT2D eigenvalue weighted by molar-refractivity contribution is 6.30. The Kier molecular flexibility index (Phi) is 3.52. The molecule has 0 aromatic heterocycles. The third kappa shape index (κ3) is 2.91. The van der Waals surface area contributed by atoms with Crippen molar-refractivity contribution in [3.63, 3.8) is 0 Å². The monoisotopic (exact) mass is 258 g/mol. The molecule has 0 amide bonds. The van der Waals surface area contributed by atoms with Crippen LogP contribution >= 0.6 is 11.6 Å². The first-order valence-electron chi connectivity index (χ1n) is 3.95. The standard InChI is InChI=1S/C9H4ClF5O/c10-5-3-6(11)4(1-7(5)12)2-8(16)9(13,14)15/h1,3H,2H2. The third-order valence-corrected chi connectivity index (χ3v) is 2.05. The summed E-state index contributed by atoms with van der Waals surface area (Å²) >= 11 is 5.19. The van der Waals surface area contributed by atoms with Gasteiger partial charge in [-0.2, -0.15) is 13.2 Å². The van der Waals surface area contributed by atoms with Crippen molar-refractivity contribution in [2.24, 2.45) is 0 Å². The Morgan fingerprint density at radius 2 is 1.75 bits per heavy atom. The van der Waals surface area contributed by atoms with E-state index in [0.717, 1.165) is 0 Å². The third-order valence-electron chi connectivity index (χ3n) is 1.76. The fraction of sp³-hybridized carbons (Fsp3) is 0.222. The van der Waals surface area contributed by atoms with Crippen molar-refractivity contribution in [1.29, 1.82) is 0 Å². The van der Waals surface area contributed by atoms with Crippen LogP contribution in [0.3, 0.4) is 0 Å². The second-order valence-electron chi connectivity index (χ2n) is 2.96. The molecular formula is C9H4ClF5O. The molecule has 0 unspecified atom stereocenters. The van der Waals surface area contributed by atoms with Crippen molar-refractivity contribution in [3.05, 3.63) is 34.4 Å². The molecule has 1 rings (SSSR count). The number of carbonyl (C=O) groups excluding carboxylic acids is 1. The Bertz CT molecular complexity index is 427. The van der Waals surface area contributed by atoms with Crippen LogP contribution in [0.1, 0.15) is 5.56 Å². The summed E-state index contributed by atoms with van der Waals surface area (Å²) in [5.74, 6) is -4.37. The zero-order valence-corrected chi connectivity index (χ0v) is 8.29. The largest absolute Gasteiger partial charge is 0.450 e. The van der Waals surface area contributed by atoms with Crippen LogP contribution in [0.25, 0.3) is 0 Å². The fourth-order valence-electron chi connectivity index (χ4n) is 0.972. The number of hydrogen-bond acceptors (Lipinski definition) is 1. The Morgan fingerprint density at radius 1 is 1.19 bits per heavy atom. The van der Waals surface area contributed by atoms with Crippen molar-refractivity contribution in [1.82, 2.24) is 0 Å². The van der Waals surface area contributed by atoms with Crippen LogP contribution in [-0.4, -0.2) is 12.0 Å². The second-order valence-corrected chi connectivity index (χ2v) is 3.36. The summed E-state index contributed by atoms with van der Waals surface area (Å²) in [6, 6.07) is 0.997. The highest BCUT2D eigenvalue weighted by Crippen LogP contribution is 2.23. The van der Waals surface area contributed by atoms with Gasteiger partial charge in [0.25, 0.3) is 0 Å². The fourth-order valence-corrected chi connectivity index (χ4v) is 1.12. The van der Waals surface area contributed by atoms with Crippen LogP contribution in [0.15, 0.2) is 12.1 Å². The van der Waals surface area contributed by atoms with Crippen molar-refractivity contribution >= 4 is 17.4 Å². The minimum atomic E-state index is -5.07. The molecule has 88 valence electrons. The Labute approximate surface area is 91.8 Å². The predicted octanol–water partition coefficient (Wildman–Crippen LogP) is 3.29. The Morgan fingerprint density at radius 3 is 2.25 bits per heavy atom. The molecule has 0 fully saturated rings. The van der Waals surface area contributed by atoms with Crippen LogP contribution in [0.5, 0.6) is 0 Å². The number of benzene rings is 1. The van der Waals surface area contributed by atoms with E-state index in [1.807, 2.05) is 0 Å². The van der Waals surface area contributed by atoms with E-state index in [4.69, 9.17) is 11.6 Å². The van der Waals surface area contributed by atoms with Gasteiger partial charge >= 0.3 is 6.18 Å². The van der Waals surface area contributed by atoms with E-state index in [0.29, 0.717) is 12.1 Å². The van der Waals surface area contributed by atoms with Crippen molar-refractivity contribution < 1.29 is 26.7 Å². The average molecular weight is 259 g/mol. The van der Waals surface area contributed by atoms with Gasteiger partial charge in [-0.05, 0) is 17.7 Å². The molecule has 0 N–H and O–H groups in total. The maximum Gasteiger partial charge on any atom is 0.450 e. The second kappa shape index (κ2) is 4.37. The molecule has 7 heteroatoms. The van der Waals surface area contributed by atoms with E-state index in [2.05, 4.69) is 0 Å². The smallest absolute Gasteiger partial charge is 0.289 e. The Balaban J connectivity index is 2.99. The van der Waals surface area contributed by atoms with E-state index in [9.17, 15) is 26.7 Å². The van der Waals surface area contributed by atoms with Gasteiger partial charge in [-0.15, -0.1) is 0 Å². The lowest BCUT2D eigenvalue weighted by atomic mass is 10.1. The molecule has 0 atom stereocenters. The molecule has 0 saturated heterocycles. The summed E-state index contributed by atoms with van der Waals surface area (Å²) in [6.45, 7) is 0. The van der Waals surface area contributed by atoms with E-state index in [1.54, 1.807) is 0 Å². The van der Waals surface area contributed by atoms with Crippen LogP contribution in [0.4, 0.5) is 22.0 Å². The van der Waals surface area contributed by atoms with Gasteiger partial charge in [0.1, 0.15) is 11.6 Å². The Hall–Kier alpha value is -1.17. The molecule has 0 radical (unpaired) electrons. The summed E-state index contributed by atoms with van der Waals surface area (Å²) in [4.78, 5) is 10.5. The quantitative estimate of drug-likeness (QED) is 0.588. The maximum atomic E-state index is 13.0. The number of rotatable bonds is 2. The molecule has 1 nitrogen and oxygen atoms in total. The van der Waals surface area contributed by atoms with Crippen LogP contribution in [0.2, 0.25) is 5.02 Å². The molecule has 0 saturated carbocycles. The van der Waals surface area contributed by atoms with Gasteiger partial charge in [-0.3, -0.25) is 4.79 Å². The van der Waals surface area contributed by atoms with Gasteiger partial charge in [-0.25, -0.2) is 8.78 Å². The molecular weight excluding hydrogens is 255 g/mol. The van der Waals surface area contributed by atoms with Crippen molar-refractivity contribution in [3.8, 4) is 0 Å². The minimum absolute atomic E-state index is 0.474. The topological polar surface area (TPSA) is 17.1 Å². The molecule has 1 aromatic rings. The number of alkyl halides is 3. The van der Waals surface area contributed by atoms with E-state index in [-0.39, 0.29) is 0 Å². The summed E-state index contributed by atoms with van der Waals surface area (Å²) in [7, 11) is 0. The van der Waals surface area contributed by atoms with Crippen LogP contribution < -0.4 is 0 Å². The molecule has 0 heterocycles. The molecule has 1 aromatic carbocycles. The van der Waals surface area contributed by atoms with Crippen molar-refractivity contribution in [2.75, 3.05) is 0 Å². The molecule has 0 aliphatic rings. The predicted molar refractivity (Wildman–Crippen MR) is 46.1 cm³/mol. The normalized spacial score (nSPS) is 11.6. The van der Waals surface area contributed by atoms with Gasteiger partial charge in [0.15, 0.2) is 0 Å². The SMILES string of the molecule is O=C(Cc1cc(F)c(Cl)cc1F)C(F)(F)F. The lowest BCUT2D eigenvalue weighted by Crippen LogP contribution is -2.25. The number of Topliss-reactive ketones (excluding diaryl/α,β-unsaturated/α-hetero) is 1. The first-order chi connectivity index (χ1) is 7.21. The van der Waals surface area contributed by atoms with E-state index in [1.165, 1.54) is 0 Å². The maximum absolute atomic E-state index is 13.0. The zero-order valence-electron chi connectivity index (χ0n) is 7.54. The molecule has 0 bridgehead atoms. The summed E-state index contributed by atoms with van der Waals surface area (Å²) in [5.41, 5.74) is -0.677. The van der Waals surface area contributed by atoms with E-state index >= 15 is 0 Å². The average Bonchev–Trinajstić information content (AvgIpc) is 2.12. The van der Waals surface area contributed by atoms with Crippen LogP contribution in [-0.2, 0) is 11.2 Å². The van der Waals surface area contributed by atoms with Crippen molar-refractivity contribution in [2.45, 2.75) is 12.6 Å². The summed E-state index contributed by atoms with van der Waals surface area (Å²) in [5, 5.41) is -0.555. The number of carbonyl (C=O) groups is 1. The number of hydrogen-bond donors (Lipinski definition) is 0. The van der Waals surface area contributed by atoms with Crippen LogP contribution in [0, 0.1) is 11.6 Å². The zero-order chi connectivity index (χ0) is 12.5. The summed E-state index contributed by atoms with van der Waals surface area (Å²) in [6.07, 6.45) is -6.31. The number of halogens is 6. The molecule has 16 heavy (non-hydrogen) atoms. The first kappa shape index (κ1) is 12.9. The number of ketones is 1. The lowest BCUT2D eigenvalue weighted by Gasteiger charge is -2.06. The first-order valence-corrected chi connectivity index (χ1v) is 4.33. The highest BCUT2D eigenvalue weighted by Gasteiger charge is 2.38. The lowest BCUT2D eigenvalue weighted by molar-refractivity contribution is -0.170. The molecule has 0 aliphatic heterocycles.